The number of benzene rings is 2. The highest BCUT2D eigenvalue weighted by Crippen LogP contribution is 2.11. The second kappa shape index (κ2) is 8.78. The van der Waals surface area contributed by atoms with Crippen molar-refractivity contribution >= 4 is 15.9 Å². The van der Waals surface area contributed by atoms with Gasteiger partial charge in [0, 0.05) is 6.54 Å². The summed E-state index contributed by atoms with van der Waals surface area (Å²) < 4.78 is 25.2. The molecule has 0 aliphatic heterocycles. The second-order valence-corrected chi connectivity index (χ2v) is 8.01. The van der Waals surface area contributed by atoms with Gasteiger partial charge in [-0.15, -0.1) is 0 Å². The number of hydrogen-bond acceptors (Lipinski definition) is 3. The van der Waals surface area contributed by atoms with E-state index in [1.54, 1.807) is 0 Å². The molecule has 0 aliphatic rings. The van der Waals surface area contributed by atoms with Gasteiger partial charge in [0.05, 0.1) is 18.8 Å². The van der Waals surface area contributed by atoms with Crippen LogP contribution in [0.4, 0.5) is 0 Å². The minimum absolute atomic E-state index is 0.177. The smallest absolute Gasteiger partial charge is 0.235 e. The number of carbonyl (C=O) groups excluding carboxylic acids is 1. The van der Waals surface area contributed by atoms with E-state index in [-0.39, 0.29) is 25.0 Å². The van der Waals surface area contributed by atoms with E-state index in [4.69, 9.17) is 0 Å². The Balaban J connectivity index is 1.96. The summed E-state index contributed by atoms with van der Waals surface area (Å²) in [7, 11) is -3.46. The Morgan fingerprint density at radius 2 is 1.60 bits per heavy atom. The molecule has 1 atom stereocenters. The predicted molar refractivity (Wildman–Crippen MR) is 99.6 cm³/mol. The Hall–Kier alpha value is -2.18. The fraction of sp³-hybridized carbons (Fsp3) is 0.316. The summed E-state index contributed by atoms with van der Waals surface area (Å²) in [6, 6.07) is 19.0. The van der Waals surface area contributed by atoms with Crippen LogP contribution in [0.5, 0.6) is 0 Å². The van der Waals surface area contributed by atoms with Crippen molar-refractivity contribution in [1.82, 2.24) is 9.62 Å². The molecular weight excluding hydrogens is 336 g/mol. The van der Waals surface area contributed by atoms with Crippen molar-refractivity contribution in [3.05, 3.63) is 71.8 Å². The maximum atomic E-state index is 12.3. The van der Waals surface area contributed by atoms with Gasteiger partial charge >= 0.3 is 0 Å². The average Bonchev–Trinajstić information content (AvgIpc) is 2.59. The van der Waals surface area contributed by atoms with Crippen LogP contribution in [0, 0.1) is 0 Å². The molecule has 1 unspecified atom stereocenters. The summed E-state index contributed by atoms with van der Waals surface area (Å²) in [5, 5.41) is 2.85. The quantitative estimate of drug-likeness (QED) is 0.786. The molecule has 5 nitrogen and oxygen atoms in total. The highest BCUT2D eigenvalue weighted by molar-refractivity contribution is 7.88. The van der Waals surface area contributed by atoms with E-state index in [0.29, 0.717) is 6.42 Å². The SMILES string of the molecule is CC(NC(=O)CN(CCc1ccccc1)S(C)(=O)=O)c1ccccc1. The minimum atomic E-state index is -3.46. The molecule has 0 fully saturated rings. The fourth-order valence-electron chi connectivity index (χ4n) is 2.53. The summed E-state index contributed by atoms with van der Waals surface area (Å²) >= 11 is 0. The van der Waals surface area contributed by atoms with Gasteiger partial charge in [-0.2, -0.15) is 4.31 Å². The zero-order valence-corrected chi connectivity index (χ0v) is 15.4. The van der Waals surface area contributed by atoms with Crippen molar-refractivity contribution in [2.75, 3.05) is 19.3 Å². The van der Waals surface area contributed by atoms with Crippen molar-refractivity contribution in [3.8, 4) is 0 Å². The summed E-state index contributed by atoms with van der Waals surface area (Å²) in [5.74, 6) is -0.310. The third-order valence-corrected chi connectivity index (χ3v) is 5.21. The van der Waals surface area contributed by atoms with Crippen LogP contribution in [-0.2, 0) is 21.2 Å². The molecule has 1 N–H and O–H groups in total. The number of nitrogens with zero attached hydrogens (tertiary/aromatic N) is 1. The maximum Gasteiger partial charge on any atom is 0.235 e. The third kappa shape index (κ3) is 6.32. The van der Waals surface area contributed by atoms with E-state index in [9.17, 15) is 13.2 Å². The molecule has 0 saturated carbocycles. The van der Waals surface area contributed by atoms with Gasteiger partial charge in [0.25, 0.3) is 0 Å². The summed E-state index contributed by atoms with van der Waals surface area (Å²) in [6.07, 6.45) is 1.70. The molecule has 0 aliphatic carbocycles. The number of amides is 1. The summed E-state index contributed by atoms with van der Waals surface area (Å²) in [4.78, 5) is 12.3. The van der Waals surface area contributed by atoms with E-state index >= 15 is 0 Å². The lowest BCUT2D eigenvalue weighted by molar-refractivity contribution is -0.121. The Morgan fingerprint density at radius 1 is 1.04 bits per heavy atom. The van der Waals surface area contributed by atoms with Gasteiger partial charge < -0.3 is 5.32 Å². The largest absolute Gasteiger partial charge is 0.348 e. The molecular formula is C19H24N2O3S. The molecule has 0 spiro atoms. The molecule has 2 rings (SSSR count). The first-order valence-electron chi connectivity index (χ1n) is 8.19. The van der Waals surface area contributed by atoms with Gasteiger partial charge in [0.1, 0.15) is 0 Å². The number of nitrogens with one attached hydrogen (secondary N) is 1. The van der Waals surface area contributed by atoms with E-state index < -0.39 is 10.0 Å². The molecule has 134 valence electrons. The fourth-order valence-corrected chi connectivity index (χ4v) is 3.31. The van der Waals surface area contributed by atoms with Crippen LogP contribution in [-0.4, -0.2) is 38.0 Å². The molecule has 0 bridgehead atoms. The van der Waals surface area contributed by atoms with Crippen molar-refractivity contribution in [1.29, 1.82) is 0 Å². The lowest BCUT2D eigenvalue weighted by Gasteiger charge is -2.21. The Labute approximate surface area is 149 Å². The van der Waals surface area contributed by atoms with Crippen LogP contribution in [0.15, 0.2) is 60.7 Å². The molecule has 1 amide bonds. The summed E-state index contributed by atoms with van der Waals surface area (Å²) in [6.45, 7) is 1.97. The lowest BCUT2D eigenvalue weighted by atomic mass is 10.1. The van der Waals surface area contributed by atoms with E-state index in [2.05, 4.69) is 5.32 Å². The highest BCUT2D eigenvalue weighted by atomic mass is 32.2. The summed E-state index contributed by atoms with van der Waals surface area (Å²) in [5.41, 5.74) is 2.01. The first kappa shape index (κ1) is 19.1. The molecule has 25 heavy (non-hydrogen) atoms. The molecule has 6 heteroatoms. The van der Waals surface area contributed by atoms with Crippen LogP contribution in [0.2, 0.25) is 0 Å². The van der Waals surface area contributed by atoms with E-state index in [1.165, 1.54) is 4.31 Å². The van der Waals surface area contributed by atoms with Crippen LogP contribution in [0.3, 0.4) is 0 Å². The number of sulfonamides is 1. The molecule has 2 aromatic carbocycles. The van der Waals surface area contributed by atoms with Crippen LogP contribution in [0.25, 0.3) is 0 Å². The zero-order chi connectivity index (χ0) is 18.3. The van der Waals surface area contributed by atoms with Crippen molar-refractivity contribution < 1.29 is 13.2 Å². The van der Waals surface area contributed by atoms with Crippen LogP contribution >= 0.6 is 0 Å². The van der Waals surface area contributed by atoms with Gasteiger partial charge in [-0.25, -0.2) is 8.42 Å². The van der Waals surface area contributed by atoms with Gasteiger partial charge in [-0.1, -0.05) is 60.7 Å². The van der Waals surface area contributed by atoms with Crippen molar-refractivity contribution in [3.63, 3.8) is 0 Å². The topological polar surface area (TPSA) is 66.5 Å². The Bertz CT molecular complexity index is 777. The predicted octanol–water partition coefficient (Wildman–Crippen LogP) is 2.37. The first-order chi connectivity index (χ1) is 11.9. The Morgan fingerprint density at radius 3 is 2.16 bits per heavy atom. The maximum absolute atomic E-state index is 12.3. The molecule has 0 aromatic heterocycles. The second-order valence-electron chi connectivity index (χ2n) is 6.03. The molecule has 0 heterocycles. The number of carbonyl (C=O) groups is 1. The third-order valence-electron chi connectivity index (χ3n) is 3.96. The monoisotopic (exact) mass is 360 g/mol. The van der Waals surface area contributed by atoms with Gasteiger partial charge in [-0.05, 0) is 24.5 Å². The van der Waals surface area contributed by atoms with Gasteiger partial charge in [0.2, 0.25) is 15.9 Å². The highest BCUT2D eigenvalue weighted by Gasteiger charge is 2.21. The van der Waals surface area contributed by atoms with Crippen molar-refractivity contribution in [2.24, 2.45) is 0 Å². The van der Waals surface area contributed by atoms with Crippen LogP contribution in [0.1, 0.15) is 24.1 Å². The average molecular weight is 360 g/mol. The number of hydrogen-bond donors (Lipinski definition) is 1. The van der Waals surface area contributed by atoms with E-state index in [0.717, 1.165) is 17.4 Å². The standard InChI is InChI=1S/C19H24N2O3S/c1-16(18-11-7-4-8-12-18)20-19(22)15-21(25(2,23)24)14-13-17-9-5-3-6-10-17/h3-12,16H,13-15H2,1-2H3,(H,20,22). The number of rotatable bonds is 8. The molecule has 0 saturated heterocycles. The van der Waals surface area contributed by atoms with E-state index in [1.807, 2.05) is 67.6 Å². The minimum Gasteiger partial charge on any atom is -0.348 e. The molecule has 2 aromatic rings. The Kier molecular flexibility index (Phi) is 6.73. The first-order valence-corrected chi connectivity index (χ1v) is 10.0. The molecule has 0 radical (unpaired) electrons. The van der Waals surface area contributed by atoms with Crippen molar-refractivity contribution in [2.45, 2.75) is 19.4 Å². The van der Waals surface area contributed by atoms with Gasteiger partial charge in [-0.3, -0.25) is 4.79 Å². The lowest BCUT2D eigenvalue weighted by Crippen LogP contribution is -2.41. The van der Waals surface area contributed by atoms with Gasteiger partial charge in [0.15, 0.2) is 0 Å². The van der Waals surface area contributed by atoms with Crippen LogP contribution < -0.4 is 5.32 Å². The normalized spacial score (nSPS) is 12.8. The zero-order valence-electron chi connectivity index (χ0n) is 14.6.